The first-order valence-electron chi connectivity index (χ1n) is 9.41. The first-order chi connectivity index (χ1) is 12.9. The van der Waals surface area contributed by atoms with E-state index in [9.17, 15) is 14.4 Å². The second-order valence-electron chi connectivity index (χ2n) is 6.81. The lowest BCUT2D eigenvalue weighted by Crippen LogP contribution is -2.42. The van der Waals surface area contributed by atoms with Gasteiger partial charge in [-0.15, -0.1) is 0 Å². The molecule has 1 aliphatic rings. The highest BCUT2D eigenvalue weighted by Gasteiger charge is 2.23. The molecule has 0 aliphatic carbocycles. The average Bonchev–Trinajstić information content (AvgIpc) is 3.14. The average molecular weight is 372 g/mol. The van der Waals surface area contributed by atoms with Crippen molar-refractivity contribution in [3.8, 4) is 0 Å². The van der Waals surface area contributed by atoms with Gasteiger partial charge in [0.15, 0.2) is 0 Å². The van der Waals surface area contributed by atoms with Crippen molar-refractivity contribution < 1.29 is 14.4 Å². The normalized spacial score (nSPS) is 13.5. The summed E-state index contributed by atoms with van der Waals surface area (Å²) in [5.74, 6) is -0.559. The summed E-state index contributed by atoms with van der Waals surface area (Å²) in [6.45, 7) is 6.54. The summed E-state index contributed by atoms with van der Waals surface area (Å²) in [7, 11) is 0. The zero-order chi connectivity index (χ0) is 19.8. The molecule has 7 nitrogen and oxygen atoms in total. The van der Waals surface area contributed by atoms with Crippen LogP contribution in [0.15, 0.2) is 35.4 Å². The number of nitrogens with zero attached hydrogens (tertiary/aromatic N) is 3. The molecule has 7 heteroatoms. The van der Waals surface area contributed by atoms with Gasteiger partial charge < -0.3 is 10.2 Å². The topological polar surface area (TPSA) is 82.1 Å². The second kappa shape index (κ2) is 9.85. The monoisotopic (exact) mass is 372 g/mol. The number of hydrogen-bond acceptors (Lipinski definition) is 4. The van der Waals surface area contributed by atoms with E-state index in [1.54, 1.807) is 0 Å². The molecule has 0 radical (unpaired) electrons. The fourth-order valence-electron chi connectivity index (χ4n) is 2.89. The van der Waals surface area contributed by atoms with Gasteiger partial charge in [0, 0.05) is 31.8 Å². The predicted octanol–water partition coefficient (Wildman–Crippen LogP) is 1.78. The summed E-state index contributed by atoms with van der Waals surface area (Å²) >= 11 is 0. The number of hydrazone groups is 1. The van der Waals surface area contributed by atoms with Gasteiger partial charge in [0.2, 0.25) is 17.7 Å². The van der Waals surface area contributed by atoms with E-state index in [1.165, 1.54) is 9.91 Å². The highest BCUT2D eigenvalue weighted by atomic mass is 16.2. The van der Waals surface area contributed by atoms with Gasteiger partial charge in [0.1, 0.15) is 0 Å². The molecule has 0 saturated heterocycles. The Morgan fingerprint density at radius 3 is 2.52 bits per heavy atom. The van der Waals surface area contributed by atoms with Crippen LogP contribution in [0.1, 0.15) is 45.6 Å². The molecule has 1 N–H and O–H groups in total. The van der Waals surface area contributed by atoms with Crippen molar-refractivity contribution in [3.05, 3.63) is 35.9 Å². The lowest BCUT2D eigenvalue weighted by atomic mass is 10.1. The van der Waals surface area contributed by atoms with Crippen molar-refractivity contribution in [1.82, 2.24) is 15.2 Å². The molecule has 0 atom stereocenters. The van der Waals surface area contributed by atoms with Crippen LogP contribution in [-0.4, -0.2) is 59.0 Å². The molecule has 1 heterocycles. The van der Waals surface area contributed by atoms with Crippen LogP contribution >= 0.6 is 0 Å². The van der Waals surface area contributed by atoms with Gasteiger partial charge in [-0.1, -0.05) is 30.3 Å². The van der Waals surface area contributed by atoms with Crippen LogP contribution in [0.25, 0.3) is 0 Å². The van der Waals surface area contributed by atoms with E-state index in [2.05, 4.69) is 10.4 Å². The minimum atomic E-state index is -0.198. The Kier molecular flexibility index (Phi) is 7.52. The standard InChI is InChI=1S/C20H28N4O3/c1-4-23(14-18(25)21-15(2)3)19(26)10-11-20(27)24-13-12-17(22-24)16-8-6-5-7-9-16/h5-9,15H,4,10-14H2,1-3H3,(H,21,25). The summed E-state index contributed by atoms with van der Waals surface area (Å²) in [6, 6.07) is 9.79. The van der Waals surface area contributed by atoms with E-state index in [0.29, 0.717) is 19.5 Å². The molecule has 0 fully saturated rings. The number of rotatable bonds is 8. The molecule has 3 amide bonds. The lowest BCUT2D eigenvalue weighted by molar-refractivity contribution is -0.138. The molecule has 1 aromatic carbocycles. The third-order valence-electron chi connectivity index (χ3n) is 4.27. The Hall–Kier alpha value is -2.70. The van der Waals surface area contributed by atoms with Crippen LogP contribution in [0.2, 0.25) is 0 Å². The fourth-order valence-corrected chi connectivity index (χ4v) is 2.89. The summed E-state index contributed by atoms with van der Waals surface area (Å²) in [6.07, 6.45) is 0.876. The van der Waals surface area contributed by atoms with E-state index in [0.717, 1.165) is 11.3 Å². The van der Waals surface area contributed by atoms with Crippen LogP contribution in [-0.2, 0) is 14.4 Å². The summed E-state index contributed by atoms with van der Waals surface area (Å²) < 4.78 is 0. The quantitative estimate of drug-likeness (QED) is 0.755. The van der Waals surface area contributed by atoms with Gasteiger partial charge in [0.25, 0.3) is 0 Å². The SMILES string of the molecule is CCN(CC(=O)NC(C)C)C(=O)CCC(=O)N1CCC(c2ccccc2)=N1. The van der Waals surface area contributed by atoms with Crippen molar-refractivity contribution in [2.24, 2.45) is 5.10 Å². The molecule has 0 unspecified atom stereocenters. The number of amides is 3. The minimum Gasteiger partial charge on any atom is -0.352 e. The highest BCUT2D eigenvalue weighted by molar-refractivity contribution is 6.02. The number of carbonyl (C=O) groups is 3. The van der Waals surface area contributed by atoms with Gasteiger partial charge in [-0.3, -0.25) is 14.4 Å². The van der Waals surface area contributed by atoms with Gasteiger partial charge in [-0.2, -0.15) is 5.10 Å². The van der Waals surface area contributed by atoms with Crippen LogP contribution < -0.4 is 5.32 Å². The molecule has 0 bridgehead atoms. The van der Waals surface area contributed by atoms with Crippen molar-refractivity contribution in [2.45, 2.75) is 46.1 Å². The van der Waals surface area contributed by atoms with Gasteiger partial charge in [0.05, 0.1) is 18.8 Å². The number of hydrogen-bond donors (Lipinski definition) is 1. The molecule has 0 aromatic heterocycles. The number of nitrogens with one attached hydrogen (secondary N) is 1. The second-order valence-corrected chi connectivity index (χ2v) is 6.81. The molecule has 27 heavy (non-hydrogen) atoms. The molecule has 2 rings (SSSR count). The zero-order valence-electron chi connectivity index (χ0n) is 16.3. The molecule has 1 aromatic rings. The molecule has 1 aliphatic heterocycles. The van der Waals surface area contributed by atoms with Crippen LogP contribution in [0.4, 0.5) is 0 Å². The molecular weight excluding hydrogens is 344 g/mol. The number of carbonyl (C=O) groups excluding carboxylic acids is 3. The first kappa shape index (κ1) is 20.6. The maximum absolute atomic E-state index is 12.4. The smallest absolute Gasteiger partial charge is 0.243 e. The lowest BCUT2D eigenvalue weighted by Gasteiger charge is -2.21. The van der Waals surface area contributed by atoms with Crippen LogP contribution in [0, 0.1) is 0 Å². The van der Waals surface area contributed by atoms with E-state index < -0.39 is 0 Å². The summed E-state index contributed by atoms with van der Waals surface area (Å²) in [4.78, 5) is 38.0. The van der Waals surface area contributed by atoms with Crippen molar-refractivity contribution in [1.29, 1.82) is 0 Å². The van der Waals surface area contributed by atoms with Crippen molar-refractivity contribution in [2.75, 3.05) is 19.6 Å². The maximum Gasteiger partial charge on any atom is 0.243 e. The zero-order valence-corrected chi connectivity index (χ0v) is 16.3. The van der Waals surface area contributed by atoms with Gasteiger partial charge in [-0.05, 0) is 26.3 Å². The third kappa shape index (κ3) is 6.20. The van der Waals surface area contributed by atoms with Gasteiger partial charge >= 0.3 is 0 Å². The van der Waals surface area contributed by atoms with E-state index in [1.807, 2.05) is 51.1 Å². The number of benzene rings is 1. The van der Waals surface area contributed by atoms with Crippen molar-refractivity contribution >= 4 is 23.4 Å². The fraction of sp³-hybridized carbons (Fsp3) is 0.500. The first-order valence-corrected chi connectivity index (χ1v) is 9.41. The van der Waals surface area contributed by atoms with E-state index >= 15 is 0 Å². The number of likely N-dealkylation sites (N-methyl/N-ethyl adjacent to an activating group) is 1. The van der Waals surface area contributed by atoms with Gasteiger partial charge in [-0.25, -0.2) is 5.01 Å². The largest absolute Gasteiger partial charge is 0.352 e. The van der Waals surface area contributed by atoms with Crippen LogP contribution in [0.3, 0.4) is 0 Å². The van der Waals surface area contributed by atoms with Crippen molar-refractivity contribution in [3.63, 3.8) is 0 Å². The highest BCUT2D eigenvalue weighted by Crippen LogP contribution is 2.15. The molecule has 0 spiro atoms. The maximum atomic E-state index is 12.4. The molecule has 146 valence electrons. The Bertz CT molecular complexity index is 700. The molecule has 0 saturated carbocycles. The Labute approximate surface area is 160 Å². The van der Waals surface area contributed by atoms with E-state index in [-0.39, 0.29) is 43.1 Å². The Balaban J connectivity index is 1.84. The summed E-state index contributed by atoms with van der Waals surface area (Å²) in [5.41, 5.74) is 1.90. The summed E-state index contributed by atoms with van der Waals surface area (Å²) in [5, 5.41) is 8.60. The Morgan fingerprint density at radius 1 is 1.19 bits per heavy atom. The predicted molar refractivity (Wildman–Crippen MR) is 104 cm³/mol. The molecular formula is C20H28N4O3. The van der Waals surface area contributed by atoms with Crippen LogP contribution in [0.5, 0.6) is 0 Å². The Morgan fingerprint density at radius 2 is 1.89 bits per heavy atom. The third-order valence-corrected chi connectivity index (χ3v) is 4.27. The van der Waals surface area contributed by atoms with E-state index in [4.69, 9.17) is 0 Å². The minimum absolute atomic E-state index is 0.0156.